The fourth-order valence-corrected chi connectivity index (χ4v) is 3.23. The Morgan fingerprint density at radius 1 is 1.22 bits per heavy atom. The molecule has 0 heterocycles. The molecule has 0 aliphatic heterocycles. The van der Waals surface area contributed by atoms with Crippen molar-refractivity contribution in [3.63, 3.8) is 0 Å². The largest absolute Gasteiger partial charge is 0.497 e. The van der Waals surface area contributed by atoms with Crippen LogP contribution >= 0.6 is 0 Å². The summed E-state index contributed by atoms with van der Waals surface area (Å²) in [4.78, 5) is 0. The molecule has 1 aromatic carbocycles. The molecule has 0 radical (unpaired) electrons. The topological polar surface area (TPSA) is 35.2 Å². The van der Waals surface area contributed by atoms with Gasteiger partial charge in [-0.3, -0.25) is 0 Å². The second kappa shape index (κ2) is 3.95. The predicted molar refractivity (Wildman–Crippen MR) is 70.9 cm³/mol. The van der Waals surface area contributed by atoms with Crippen LogP contribution in [0.2, 0.25) is 0 Å². The van der Waals surface area contributed by atoms with E-state index in [1.54, 1.807) is 12.1 Å². The molecule has 2 N–H and O–H groups in total. The van der Waals surface area contributed by atoms with Crippen molar-refractivity contribution in [1.29, 1.82) is 0 Å². The second-order valence-electron chi connectivity index (χ2n) is 6.33. The molecule has 0 bridgehead atoms. The number of ether oxygens (including phenoxy) is 1. The normalized spacial score (nSPS) is 22.6. The molecule has 18 heavy (non-hydrogen) atoms. The lowest BCUT2D eigenvalue weighted by Crippen LogP contribution is -2.18. The third kappa shape index (κ3) is 1.72. The van der Waals surface area contributed by atoms with Crippen molar-refractivity contribution >= 4 is 0 Å². The lowest BCUT2D eigenvalue weighted by atomic mass is 9.97. The van der Waals surface area contributed by atoms with Gasteiger partial charge >= 0.3 is 0 Å². The number of halogens is 1. The van der Waals surface area contributed by atoms with Gasteiger partial charge in [-0.25, -0.2) is 4.39 Å². The molecule has 1 atom stereocenters. The average Bonchev–Trinajstić information content (AvgIpc) is 2.68. The van der Waals surface area contributed by atoms with Crippen molar-refractivity contribution in [2.75, 3.05) is 7.11 Å². The standard InChI is InChI=1S/C15H22FNO/c1-14(2)13(15(14,3)4)12(17)10-7-6-9(18-5)8-11(10)16/h6-8,12-13H,17H2,1-5H3. The van der Waals surface area contributed by atoms with E-state index in [2.05, 4.69) is 27.7 Å². The first-order chi connectivity index (χ1) is 8.23. The Balaban J connectivity index is 2.29. The average molecular weight is 251 g/mol. The van der Waals surface area contributed by atoms with Gasteiger partial charge in [0.15, 0.2) is 0 Å². The molecular weight excluding hydrogens is 229 g/mol. The van der Waals surface area contributed by atoms with Crippen LogP contribution in [0.15, 0.2) is 18.2 Å². The van der Waals surface area contributed by atoms with E-state index in [0.29, 0.717) is 17.2 Å². The van der Waals surface area contributed by atoms with Crippen LogP contribution in [0.4, 0.5) is 4.39 Å². The Kier molecular flexibility index (Phi) is 2.93. The number of nitrogens with two attached hydrogens (primary N) is 1. The van der Waals surface area contributed by atoms with E-state index >= 15 is 0 Å². The maximum absolute atomic E-state index is 14.0. The van der Waals surface area contributed by atoms with E-state index in [1.807, 2.05) is 0 Å². The van der Waals surface area contributed by atoms with Gasteiger partial charge in [0, 0.05) is 17.7 Å². The zero-order chi connectivity index (χ0) is 13.7. The van der Waals surface area contributed by atoms with Crippen molar-refractivity contribution in [1.82, 2.24) is 0 Å². The molecule has 2 nitrogen and oxygen atoms in total. The van der Waals surface area contributed by atoms with Crippen LogP contribution in [0.25, 0.3) is 0 Å². The Bertz CT molecular complexity index is 454. The van der Waals surface area contributed by atoms with Gasteiger partial charge < -0.3 is 10.5 Å². The summed E-state index contributed by atoms with van der Waals surface area (Å²) in [5, 5.41) is 0. The summed E-state index contributed by atoms with van der Waals surface area (Å²) in [6.07, 6.45) is 0. The summed E-state index contributed by atoms with van der Waals surface area (Å²) in [6, 6.07) is 4.64. The molecule has 1 aromatic rings. The van der Waals surface area contributed by atoms with Gasteiger partial charge in [-0.15, -0.1) is 0 Å². The van der Waals surface area contributed by atoms with Gasteiger partial charge in [-0.1, -0.05) is 33.8 Å². The molecule has 100 valence electrons. The SMILES string of the molecule is COc1ccc(C(N)C2C(C)(C)C2(C)C)c(F)c1. The Labute approximate surface area is 108 Å². The molecule has 0 spiro atoms. The van der Waals surface area contributed by atoms with Crippen molar-refractivity contribution in [2.45, 2.75) is 33.7 Å². The van der Waals surface area contributed by atoms with Gasteiger partial charge in [0.2, 0.25) is 0 Å². The third-order valence-electron chi connectivity index (χ3n) is 5.06. The maximum Gasteiger partial charge on any atom is 0.131 e. The number of hydrogen-bond acceptors (Lipinski definition) is 2. The highest BCUT2D eigenvalue weighted by Gasteiger charge is 2.66. The van der Waals surface area contributed by atoms with Crippen molar-refractivity contribution in [3.05, 3.63) is 29.6 Å². The number of hydrogen-bond donors (Lipinski definition) is 1. The summed E-state index contributed by atoms with van der Waals surface area (Å²) < 4.78 is 19.0. The minimum absolute atomic E-state index is 0.152. The van der Waals surface area contributed by atoms with Crippen LogP contribution in [0, 0.1) is 22.6 Å². The second-order valence-corrected chi connectivity index (χ2v) is 6.33. The minimum atomic E-state index is -0.277. The molecule has 1 aliphatic carbocycles. The van der Waals surface area contributed by atoms with Crippen molar-refractivity contribution in [2.24, 2.45) is 22.5 Å². The Hall–Kier alpha value is -1.09. The van der Waals surface area contributed by atoms with Crippen LogP contribution in [0.1, 0.15) is 39.3 Å². The monoisotopic (exact) mass is 251 g/mol. The molecule has 2 rings (SSSR count). The Morgan fingerprint density at radius 2 is 1.78 bits per heavy atom. The zero-order valence-corrected chi connectivity index (χ0v) is 11.8. The van der Waals surface area contributed by atoms with Crippen LogP contribution < -0.4 is 10.5 Å². The van der Waals surface area contributed by atoms with E-state index in [0.717, 1.165) is 0 Å². The van der Waals surface area contributed by atoms with E-state index in [9.17, 15) is 4.39 Å². The van der Waals surface area contributed by atoms with Gasteiger partial charge in [-0.05, 0) is 22.8 Å². The van der Waals surface area contributed by atoms with E-state index in [-0.39, 0.29) is 22.7 Å². The van der Waals surface area contributed by atoms with Gasteiger partial charge in [0.25, 0.3) is 0 Å². The summed E-state index contributed by atoms with van der Waals surface area (Å²) in [5.74, 6) is 0.547. The summed E-state index contributed by atoms with van der Waals surface area (Å²) >= 11 is 0. The third-order valence-corrected chi connectivity index (χ3v) is 5.06. The smallest absolute Gasteiger partial charge is 0.131 e. The fraction of sp³-hybridized carbons (Fsp3) is 0.600. The van der Waals surface area contributed by atoms with Crippen LogP contribution in [-0.2, 0) is 0 Å². The summed E-state index contributed by atoms with van der Waals surface area (Å²) in [7, 11) is 1.53. The molecular formula is C15H22FNO. The van der Waals surface area contributed by atoms with Crippen molar-refractivity contribution < 1.29 is 9.13 Å². The molecule has 1 saturated carbocycles. The fourth-order valence-electron chi connectivity index (χ4n) is 3.23. The molecule has 1 fully saturated rings. The molecule has 0 saturated heterocycles. The molecule has 0 aromatic heterocycles. The van der Waals surface area contributed by atoms with Crippen LogP contribution in [0.5, 0.6) is 5.75 Å². The predicted octanol–water partition coefficient (Wildman–Crippen LogP) is 3.52. The first-order valence-electron chi connectivity index (χ1n) is 6.32. The van der Waals surface area contributed by atoms with E-state index in [4.69, 9.17) is 10.5 Å². The highest BCUT2D eigenvalue weighted by molar-refractivity contribution is 5.33. The zero-order valence-electron chi connectivity index (χ0n) is 11.8. The highest BCUT2D eigenvalue weighted by Crippen LogP contribution is 2.71. The first kappa shape index (κ1) is 13.3. The molecule has 1 aliphatic rings. The summed E-state index contributed by atoms with van der Waals surface area (Å²) in [5.41, 5.74) is 7.15. The van der Waals surface area contributed by atoms with E-state index < -0.39 is 0 Å². The molecule has 0 amide bonds. The van der Waals surface area contributed by atoms with Gasteiger partial charge in [0.05, 0.1) is 7.11 Å². The molecule has 1 unspecified atom stereocenters. The number of methoxy groups -OCH3 is 1. The number of rotatable bonds is 3. The summed E-state index contributed by atoms with van der Waals surface area (Å²) in [6.45, 7) is 8.77. The lowest BCUT2D eigenvalue weighted by molar-refractivity contribution is 0.408. The number of benzene rings is 1. The van der Waals surface area contributed by atoms with Crippen LogP contribution in [-0.4, -0.2) is 7.11 Å². The quantitative estimate of drug-likeness (QED) is 0.892. The van der Waals surface area contributed by atoms with E-state index in [1.165, 1.54) is 13.2 Å². The van der Waals surface area contributed by atoms with Crippen molar-refractivity contribution in [3.8, 4) is 5.75 Å². The minimum Gasteiger partial charge on any atom is -0.497 e. The van der Waals surface area contributed by atoms with Gasteiger partial charge in [-0.2, -0.15) is 0 Å². The lowest BCUT2D eigenvalue weighted by Gasteiger charge is -2.16. The first-order valence-corrected chi connectivity index (χ1v) is 6.32. The van der Waals surface area contributed by atoms with Crippen LogP contribution in [0.3, 0.4) is 0 Å². The molecule has 3 heteroatoms. The Morgan fingerprint density at radius 3 is 2.17 bits per heavy atom. The maximum atomic E-state index is 14.0. The van der Waals surface area contributed by atoms with Gasteiger partial charge in [0.1, 0.15) is 11.6 Å². The highest BCUT2D eigenvalue weighted by atomic mass is 19.1.